The number of hydrogen-bond acceptors (Lipinski definition) is 6. The summed E-state index contributed by atoms with van der Waals surface area (Å²) in [6.45, 7) is 3.42. The third-order valence-corrected chi connectivity index (χ3v) is 5.63. The van der Waals surface area contributed by atoms with Gasteiger partial charge in [-0.2, -0.15) is 0 Å². The minimum absolute atomic E-state index is 0.314. The molecule has 0 saturated carbocycles. The van der Waals surface area contributed by atoms with Gasteiger partial charge in [-0.3, -0.25) is 10.7 Å². The van der Waals surface area contributed by atoms with Crippen LogP contribution in [0.2, 0.25) is 0 Å². The normalized spacial score (nSPS) is 20.3. The van der Waals surface area contributed by atoms with Gasteiger partial charge in [-0.25, -0.2) is 9.79 Å². The number of benzene rings is 1. The number of primary amides is 1. The summed E-state index contributed by atoms with van der Waals surface area (Å²) in [5.74, 6) is 0.893. The molecule has 158 valence electrons. The van der Waals surface area contributed by atoms with Crippen LogP contribution in [-0.2, 0) is 30.4 Å². The number of ether oxygens (including phenoxy) is 1. The minimum atomic E-state index is -0.436. The molecule has 0 fully saturated rings. The molecule has 1 aromatic carbocycles. The van der Waals surface area contributed by atoms with Crippen molar-refractivity contribution in [2.75, 3.05) is 18.5 Å². The van der Waals surface area contributed by atoms with Gasteiger partial charge in [0.25, 0.3) is 0 Å². The molecule has 1 aromatic rings. The number of urea groups is 1. The number of fused-ring (bicyclic) bond motifs is 2. The molecule has 7 N–H and O–H groups in total. The summed E-state index contributed by atoms with van der Waals surface area (Å²) < 4.78 is 5.30. The van der Waals surface area contributed by atoms with Gasteiger partial charge in [0.15, 0.2) is 0 Å². The van der Waals surface area contributed by atoms with Crippen molar-refractivity contribution in [1.29, 1.82) is 0 Å². The fourth-order valence-corrected chi connectivity index (χ4v) is 4.14. The molecule has 0 saturated heterocycles. The Kier molecular flexibility index (Phi) is 6.98. The highest BCUT2D eigenvalue weighted by atomic mass is 16.5. The summed E-state index contributed by atoms with van der Waals surface area (Å²) in [7, 11) is 0. The lowest BCUT2D eigenvalue weighted by molar-refractivity contribution is 0.198. The van der Waals surface area contributed by atoms with Crippen LogP contribution in [0.4, 0.5) is 10.5 Å². The molecule has 3 aliphatic rings. The Morgan fingerprint density at radius 1 is 1.24 bits per heavy atom. The molecule has 2 aliphatic carbocycles. The number of amides is 2. The van der Waals surface area contributed by atoms with Crippen LogP contribution in [0.25, 0.3) is 0 Å². The Bertz CT molecular complexity index is 787. The molecule has 2 amide bonds. The van der Waals surface area contributed by atoms with Crippen LogP contribution in [0.15, 0.2) is 23.0 Å². The topological polar surface area (TPSA) is 135 Å². The molecule has 0 radical (unpaired) electrons. The summed E-state index contributed by atoms with van der Waals surface area (Å²) in [4.78, 5) is 15.2. The van der Waals surface area contributed by atoms with E-state index >= 15 is 0 Å². The summed E-state index contributed by atoms with van der Waals surface area (Å²) in [5, 5.41) is 11.5. The van der Waals surface area contributed by atoms with E-state index in [1.807, 2.05) is 5.48 Å². The highest BCUT2D eigenvalue weighted by Gasteiger charge is 2.24. The first kappa shape index (κ1) is 21.0. The van der Waals surface area contributed by atoms with E-state index in [1.165, 1.54) is 41.3 Å². The highest BCUT2D eigenvalue weighted by Crippen LogP contribution is 2.38. The molecule has 1 aliphatic heterocycles. The van der Waals surface area contributed by atoms with Crippen molar-refractivity contribution in [2.24, 2.45) is 22.4 Å². The standard InChI is InChI=1S/C13H16N2O.C8H15N3O2/c14-13(16)15-12-10-5-1-3-8(10)7-9-4-2-6-11(9)12;1-6-2-3-13-8(10-5-6)7(4-9)11-12/h7H,1-6H2,(H3,14,15,16);4,6,11-12H,2-3,5,9H2,1H3/b;7-4+. The quantitative estimate of drug-likeness (QED) is 0.496. The van der Waals surface area contributed by atoms with Gasteiger partial charge in [0.1, 0.15) is 5.70 Å². The predicted molar refractivity (Wildman–Crippen MR) is 113 cm³/mol. The van der Waals surface area contributed by atoms with Gasteiger partial charge in [0.2, 0.25) is 5.90 Å². The number of nitrogens with one attached hydrogen (secondary N) is 2. The third-order valence-electron chi connectivity index (χ3n) is 5.63. The van der Waals surface area contributed by atoms with Crippen molar-refractivity contribution in [3.63, 3.8) is 0 Å². The SMILES string of the molecule is CC1CCOC(/C(=C\N)NO)=NC1.NC(=O)Nc1c2c(cc3c1CCC3)CCC2. The maximum Gasteiger partial charge on any atom is 0.316 e. The monoisotopic (exact) mass is 401 g/mol. The lowest BCUT2D eigenvalue weighted by Crippen LogP contribution is -2.21. The average molecular weight is 402 g/mol. The largest absolute Gasteiger partial charge is 0.476 e. The number of hydroxylamine groups is 1. The third kappa shape index (κ3) is 5.00. The number of hydrogen-bond donors (Lipinski definition) is 5. The number of carbonyl (C=O) groups is 1. The molecule has 1 heterocycles. The Labute approximate surface area is 171 Å². The summed E-state index contributed by atoms with van der Waals surface area (Å²) >= 11 is 0. The van der Waals surface area contributed by atoms with Gasteiger partial charge in [-0.05, 0) is 73.1 Å². The molecule has 0 aromatic heterocycles. The van der Waals surface area contributed by atoms with Gasteiger partial charge in [0, 0.05) is 18.4 Å². The van der Waals surface area contributed by atoms with Crippen LogP contribution in [0.1, 0.15) is 48.4 Å². The number of nitrogens with zero attached hydrogens (tertiary/aromatic N) is 1. The van der Waals surface area contributed by atoms with Crippen LogP contribution in [0.5, 0.6) is 0 Å². The molecular formula is C21H31N5O3. The molecule has 4 rings (SSSR count). The maximum atomic E-state index is 11.1. The summed E-state index contributed by atoms with van der Waals surface area (Å²) in [5.41, 5.74) is 19.3. The molecule has 1 unspecified atom stereocenters. The number of nitrogens with two attached hydrogens (primary N) is 2. The van der Waals surface area contributed by atoms with Crippen molar-refractivity contribution < 1.29 is 14.7 Å². The molecule has 0 spiro atoms. The highest BCUT2D eigenvalue weighted by molar-refractivity contribution is 5.92. The molecular weight excluding hydrogens is 370 g/mol. The second-order valence-corrected chi connectivity index (χ2v) is 7.80. The smallest absolute Gasteiger partial charge is 0.316 e. The molecule has 8 nitrogen and oxygen atoms in total. The Morgan fingerprint density at radius 3 is 2.45 bits per heavy atom. The number of carbonyl (C=O) groups excluding carboxylic acids is 1. The second kappa shape index (κ2) is 9.65. The van der Waals surface area contributed by atoms with Crippen molar-refractivity contribution >= 4 is 17.6 Å². The van der Waals surface area contributed by atoms with Crippen molar-refractivity contribution in [2.45, 2.75) is 51.9 Å². The van der Waals surface area contributed by atoms with E-state index in [2.05, 4.69) is 23.3 Å². The first-order chi connectivity index (χ1) is 14.0. The zero-order valence-electron chi connectivity index (χ0n) is 17.0. The van der Waals surface area contributed by atoms with Crippen LogP contribution in [0, 0.1) is 5.92 Å². The van der Waals surface area contributed by atoms with E-state index in [1.54, 1.807) is 0 Å². The molecule has 0 bridgehead atoms. The lowest BCUT2D eigenvalue weighted by atomic mass is 9.99. The molecule has 1 atom stereocenters. The van der Waals surface area contributed by atoms with E-state index < -0.39 is 6.03 Å². The fourth-order valence-electron chi connectivity index (χ4n) is 4.14. The van der Waals surface area contributed by atoms with Gasteiger partial charge in [-0.15, -0.1) is 0 Å². The fraction of sp³-hybridized carbons (Fsp3) is 0.524. The van der Waals surface area contributed by atoms with Gasteiger partial charge in [-0.1, -0.05) is 13.0 Å². The van der Waals surface area contributed by atoms with E-state index in [4.69, 9.17) is 21.4 Å². The van der Waals surface area contributed by atoms with E-state index in [0.717, 1.165) is 37.8 Å². The Hall–Kier alpha value is -2.74. The lowest BCUT2D eigenvalue weighted by Gasteiger charge is -2.14. The number of aliphatic imine (C=N–C) groups is 1. The van der Waals surface area contributed by atoms with E-state index in [0.29, 0.717) is 30.7 Å². The van der Waals surface area contributed by atoms with Gasteiger partial charge in [0.05, 0.1) is 6.61 Å². The van der Waals surface area contributed by atoms with Crippen molar-refractivity contribution in [3.05, 3.63) is 40.2 Å². The van der Waals surface area contributed by atoms with Gasteiger partial charge < -0.3 is 21.5 Å². The van der Waals surface area contributed by atoms with Crippen LogP contribution < -0.4 is 22.3 Å². The second-order valence-electron chi connectivity index (χ2n) is 7.80. The van der Waals surface area contributed by atoms with Crippen molar-refractivity contribution in [1.82, 2.24) is 5.48 Å². The first-order valence-corrected chi connectivity index (χ1v) is 10.3. The predicted octanol–water partition coefficient (Wildman–Crippen LogP) is 2.37. The van der Waals surface area contributed by atoms with Crippen LogP contribution >= 0.6 is 0 Å². The zero-order chi connectivity index (χ0) is 20.8. The Morgan fingerprint density at radius 2 is 1.90 bits per heavy atom. The minimum Gasteiger partial charge on any atom is -0.476 e. The van der Waals surface area contributed by atoms with Crippen LogP contribution in [0.3, 0.4) is 0 Å². The maximum absolute atomic E-state index is 11.1. The number of anilines is 1. The average Bonchev–Trinajstić information content (AvgIpc) is 3.31. The first-order valence-electron chi connectivity index (χ1n) is 10.3. The number of aryl methyl sites for hydroxylation is 2. The molecule has 8 heteroatoms. The van der Waals surface area contributed by atoms with Crippen molar-refractivity contribution in [3.8, 4) is 0 Å². The van der Waals surface area contributed by atoms with E-state index in [-0.39, 0.29) is 0 Å². The summed E-state index contributed by atoms with van der Waals surface area (Å²) in [6, 6.07) is 1.91. The Balaban J connectivity index is 0.000000170. The number of rotatable bonds is 3. The van der Waals surface area contributed by atoms with Gasteiger partial charge >= 0.3 is 6.03 Å². The molecule has 29 heavy (non-hydrogen) atoms. The zero-order valence-corrected chi connectivity index (χ0v) is 17.0. The summed E-state index contributed by atoms with van der Waals surface area (Å²) in [6.07, 6.45) is 9.06. The van der Waals surface area contributed by atoms with Crippen LogP contribution in [-0.4, -0.2) is 30.3 Å². The van der Waals surface area contributed by atoms with E-state index in [9.17, 15) is 4.79 Å².